The number of rotatable bonds is 3. The molecule has 0 spiro atoms. The van der Waals surface area contributed by atoms with Crippen molar-refractivity contribution in [3.05, 3.63) is 57.2 Å². The smallest absolute Gasteiger partial charge is 0.254 e. The molecule has 0 atom stereocenters. The highest BCUT2D eigenvalue weighted by atomic mass is 79.9. The van der Waals surface area contributed by atoms with Crippen molar-refractivity contribution in [2.45, 2.75) is 19.8 Å². The molecule has 0 bridgehead atoms. The summed E-state index contributed by atoms with van der Waals surface area (Å²) < 4.78 is 0.956. The number of piperidine rings is 1. The molecule has 1 saturated heterocycles. The minimum atomic E-state index is -0.123. The van der Waals surface area contributed by atoms with E-state index in [9.17, 15) is 9.59 Å². The summed E-state index contributed by atoms with van der Waals surface area (Å²) in [6.07, 6.45) is 2.78. The van der Waals surface area contributed by atoms with E-state index in [1.54, 1.807) is 12.1 Å². The van der Waals surface area contributed by atoms with Crippen molar-refractivity contribution in [3.63, 3.8) is 0 Å². The molecule has 136 valence electrons. The minimum absolute atomic E-state index is 0.0215. The molecule has 1 aliphatic rings. The number of aromatic nitrogens is 1. The largest absolute Gasteiger partial charge is 0.339 e. The highest BCUT2D eigenvalue weighted by Gasteiger charge is 2.28. The number of nitrogens with one attached hydrogen (secondary N) is 1. The molecule has 1 fully saturated rings. The van der Waals surface area contributed by atoms with Crippen molar-refractivity contribution >= 4 is 45.2 Å². The van der Waals surface area contributed by atoms with E-state index in [1.165, 1.54) is 6.20 Å². The predicted octanol–water partition coefficient (Wildman–Crippen LogP) is 4.30. The average molecular weight is 437 g/mol. The Hall–Kier alpha value is -1.92. The molecule has 0 unspecified atom stereocenters. The minimum Gasteiger partial charge on any atom is -0.339 e. The van der Waals surface area contributed by atoms with E-state index in [0.29, 0.717) is 42.3 Å². The van der Waals surface area contributed by atoms with Crippen molar-refractivity contribution in [3.8, 4) is 0 Å². The second kappa shape index (κ2) is 8.18. The first-order valence-corrected chi connectivity index (χ1v) is 9.59. The Labute approximate surface area is 165 Å². The highest BCUT2D eigenvalue weighted by Crippen LogP contribution is 2.23. The van der Waals surface area contributed by atoms with Crippen LogP contribution in [0.4, 0.5) is 5.82 Å². The van der Waals surface area contributed by atoms with E-state index >= 15 is 0 Å². The fourth-order valence-electron chi connectivity index (χ4n) is 3.06. The van der Waals surface area contributed by atoms with Gasteiger partial charge in [-0.15, -0.1) is 0 Å². The van der Waals surface area contributed by atoms with Gasteiger partial charge in [0.25, 0.3) is 5.91 Å². The van der Waals surface area contributed by atoms with Gasteiger partial charge in [-0.1, -0.05) is 27.5 Å². The molecule has 0 aliphatic carbocycles. The predicted molar refractivity (Wildman–Crippen MR) is 105 cm³/mol. The SMILES string of the molecule is Cc1cc(Br)ccc1C(=O)N1CCC(C(=O)Nc2ccc(Cl)cn2)CC1. The summed E-state index contributed by atoms with van der Waals surface area (Å²) in [4.78, 5) is 31.0. The standard InChI is InChI=1S/C19H19BrClN3O2/c1-12-10-14(20)2-4-16(12)19(26)24-8-6-13(7-9-24)18(25)23-17-5-3-15(21)11-22-17/h2-5,10-11,13H,6-9H2,1H3,(H,22,23,25). The van der Waals surface area contributed by atoms with Gasteiger partial charge >= 0.3 is 0 Å². The summed E-state index contributed by atoms with van der Waals surface area (Å²) in [6, 6.07) is 9.01. The van der Waals surface area contributed by atoms with Crippen molar-refractivity contribution in [1.29, 1.82) is 0 Å². The Morgan fingerprint density at radius 1 is 1.23 bits per heavy atom. The number of carbonyl (C=O) groups excluding carboxylic acids is 2. The van der Waals surface area contributed by atoms with Crippen molar-refractivity contribution in [2.24, 2.45) is 5.92 Å². The molecule has 2 heterocycles. The number of pyridine rings is 1. The highest BCUT2D eigenvalue weighted by molar-refractivity contribution is 9.10. The maximum Gasteiger partial charge on any atom is 0.254 e. The van der Waals surface area contributed by atoms with Crippen LogP contribution >= 0.6 is 27.5 Å². The summed E-state index contributed by atoms with van der Waals surface area (Å²) in [5.41, 5.74) is 1.65. The van der Waals surface area contributed by atoms with E-state index in [1.807, 2.05) is 30.0 Å². The van der Waals surface area contributed by atoms with Gasteiger partial charge < -0.3 is 10.2 Å². The third kappa shape index (κ3) is 4.43. The molecule has 26 heavy (non-hydrogen) atoms. The first kappa shape index (κ1) is 18.9. The lowest BCUT2D eigenvalue weighted by Crippen LogP contribution is -2.41. The zero-order chi connectivity index (χ0) is 18.7. The van der Waals surface area contributed by atoms with Crippen LogP contribution in [0.5, 0.6) is 0 Å². The number of nitrogens with zero attached hydrogens (tertiary/aromatic N) is 2. The van der Waals surface area contributed by atoms with E-state index in [-0.39, 0.29) is 17.7 Å². The molecule has 2 amide bonds. The van der Waals surface area contributed by atoms with Gasteiger partial charge in [0.05, 0.1) is 5.02 Å². The third-order valence-electron chi connectivity index (χ3n) is 4.55. The number of hydrogen-bond donors (Lipinski definition) is 1. The van der Waals surface area contributed by atoms with Gasteiger partial charge in [0.1, 0.15) is 5.82 Å². The summed E-state index contributed by atoms with van der Waals surface area (Å²) >= 11 is 9.21. The summed E-state index contributed by atoms with van der Waals surface area (Å²) in [6.45, 7) is 3.07. The van der Waals surface area contributed by atoms with Gasteiger partial charge in [0.2, 0.25) is 5.91 Å². The molecule has 1 aliphatic heterocycles. The molecule has 3 rings (SSSR count). The van der Waals surface area contributed by atoms with E-state index in [2.05, 4.69) is 26.2 Å². The Balaban J connectivity index is 1.57. The van der Waals surface area contributed by atoms with Crippen LogP contribution in [0.3, 0.4) is 0 Å². The molecule has 0 radical (unpaired) electrons. The van der Waals surface area contributed by atoms with Crippen molar-refractivity contribution in [1.82, 2.24) is 9.88 Å². The second-order valence-corrected chi connectivity index (χ2v) is 7.73. The molecule has 1 aromatic heterocycles. The lowest BCUT2D eigenvalue weighted by molar-refractivity contribution is -0.121. The maximum atomic E-state index is 12.7. The normalized spacial score (nSPS) is 15.0. The quantitative estimate of drug-likeness (QED) is 0.780. The summed E-state index contributed by atoms with van der Waals surface area (Å²) in [5, 5.41) is 3.34. The van der Waals surface area contributed by atoms with Gasteiger partial charge in [-0.05, 0) is 55.7 Å². The number of aryl methyl sites for hydroxylation is 1. The number of halogens is 2. The number of likely N-dealkylation sites (tertiary alicyclic amines) is 1. The topological polar surface area (TPSA) is 62.3 Å². The first-order chi connectivity index (χ1) is 12.4. The van der Waals surface area contributed by atoms with Gasteiger partial charge in [-0.25, -0.2) is 4.98 Å². The monoisotopic (exact) mass is 435 g/mol. The first-order valence-electron chi connectivity index (χ1n) is 8.42. The molecule has 0 saturated carbocycles. The molecule has 5 nitrogen and oxygen atoms in total. The zero-order valence-electron chi connectivity index (χ0n) is 14.3. The lowest BCUT2D eigenvalue weighted by Gasteiger charge is -2.31. The maximum absolute atomic E-state index is 12.7. The van der Waals surface area contributed by atoms with Gasteiger partial charge in [-0.3, -0.25) is 9.59 Å². The summed E-state index contributed by atoms with van der Waals surface area (Å²) in [5.74, 6) is 0.325. The average Bonchev–Trinajstić information content (AvgIpc) is 2.63. The molecular formula is C19H19BrClN3O2. The zero-order valence-corrected chi connectivity index (χ0v) is 16.7. The van der Waals surface area contributed by atoms with Crippen LogP contribution in [0, 0.1) is 12.8 Å². The Bertz CT molecular complexity index is 818. The number of anilines is 1. The van der Waals surface area contributed by atoms with Crippen LogP contribution < -0.4 is 5.32 Å². The van der Waals surface area contributed by atoms with E-state index in [0.717, 1.165) is 10.0 Å². The van der Waals surface area contributed by atoms with E-state index < -0.39 is 0 Å². The van der Waals surface area contributed by atoms with E-state index in [4.69, 9.17) is 11.6 Å². The number of benzene rings is 1. The van der Waals surface area contributed by atoms with Crippen molar-refractivity contribution < 1.29 is 9.59 Å². The van der Waals surface area contributed by atoms with Gasteiger partial charge in [0.15, 0.2) is 0 Å². The van der Waals surface area contributed by atoms with Crippen LogP contribution in [0.1, 0.15) is 28.8 Å². The van der Waals surface area contributed by atoms with Gasteiger partial charge in [-0.2, -0.15) is 0 Å². The van der Waals surface area contributed by atoms with Crippen LogP contribution in [-0.4, -0.2) is 34.8 Å². The third-order valence-corrected chi connectivity index (χ3v) is 5.27. The number of amides is 2. The number of hydrogen-bond acceptors (Lipinski definition) is 3. The van der Waals surface area contributed by atoms with Crippen molar-refractivity contribution in [2.75, 3.05) is 18.4 Å². The second-order valence-electron chi connectivity index (χ2n) is 6.38. The molecular weight excluding hydrogens is 418 g/mol. The Morgan fingerprint density at radius 2 is 1.96 bits per heavy atom. The number of carbonyl (C=O) groups is 2. The van der Waals surface area contributed by atoms with Crippen LogP contribution in [0.15, 0.2) is 41.0 Å². The lowest BCUT2D eigenvalue weighted by atomic mass is 9.95. The Kier molecular flexibility index (Phi) is 5.94. The van der Waals surface area contributed by atoms with Crippen LogP contribution in [-0.2, 0) is 4.79 Å². The van der Waals surface area contributed by atoms with Crippen LogP contribution in [0.2, 0.25) is 5.02 Å². The molecule has 2 aromatic rings. The molecule has 1 aromatic carbocycles. The Morgan fingerprint density at radius 3 is 2.58 bits per heavy atom. The van der Waals surface area contributed by atoms with Crippen LogP contribution in [0.25, 0.3) is 0 Å². The fourth-order valence-corrected chi connectivity index (χ4v) is 3.65. The molecule has 7 heteroatoms. The van der Waals surface area contributed by atoms with Gasteiger partial charge in [0, 0.05) is 35.2 Å². The summed E-state index contributed by atoms with van der Waals surface area (Å²) in [7, 11) is 0. The fraction of sp³-hybridized carbons (Fsp3) is 0.316. The molecule has 1 N–H and O–H groups in total.